The fourth-order valence-corrected chi connectivity index (χ4v) is 3.19. The molecule has 0 spiro atoms. The normalized spacial score (nSPS) is 15.2. The number of carbonyl (C=O) groups excluding carboxylic acids is 1. The first-order valence-corrected chi connectivity index (χ1v) is 8.74. The zero-order valence-electron chi connectivity index (χ0n) is 14.3. The predicted molar refractivity (Wildman–Crippen MR) is 95.1 cm³/mol. The van der Waals surface area contributed by atoms with Gasteiger partial charge in [-0.2, -0.15) is 0 Å². The maximum Gasteiger partial charge on any atom is 0.227 e. The number of likely N-dealkylation sites (tertiary alicyclic amines) is 1. The van der Waals surface area contributed by atoms with Gasteiger partial charge in [0.15, 0.2) is 0 Å². The molecule has 0 bridgehead atoms. The lowest BCUT2D eigenvalue weighted by Gasteiger charge is -2.36. The second-order valence-corrected chi connectivity index (χ2v) is 6.77. The number of aromatic nitrogens is 2. The van der Waals surface area contributed by atoms with Gasteiger partial charge in [-0.3, -0.25) is 4.79 Å². The van der Waals surface area contributed by atoms with E-state index in [-0.39, 0.29) is 23.9 Å². The number of hydrogen-bond donors (Lipinski definition) is 0. The van der Waals surface area contributed by atoms with E-state index in [0.29, 0.717) is 24.1 Å². The highest BCUT2D eigenvalue weighted by Crippen LogP contribution is 2.21. The highest BCUT2D eigenvalue weighted by atomic mass is 35.5. The van der Waals surface area contributed by atoms with E-state index in [9.17, 15) is 13.6 Å². The van der Waals surface area contributed by atoms with Crippen molar-refractivity contribution in [3.05, 3.63) is 52.8 Å². The molecular weight excluding hydrogens is 362 g/mol. The van der Waals surface area contributed by atoms with Gasteiger partial charge in [-0.05, 0) is 24.5 Å². The van der Waals surface area contributed by atoms with Crippen LogP contribution in [-0.4, -0.2) is 47.0 Å². The van der Waals surface area contributed by atoms with Gasteiger partial charge in [0.25, 0.3) is 0 Å². The summed E-state index contributed by atoms with van der Waals surface area (Å²) in [7, 11) is 1.92. The molecule has 8 heteroatoms. The lowest BCUT2D eigenvalue weighted by atomic mass is 10.0. The van der Waals surface area contributed by atoms with Gasteiger partial charge >= 0.3 is 0 Å². The van der Waals surface area contributed by atoms with Crippen LogP contribution in [0.1, 0.15) is 18.4 Å². The minimum absolute atomic E-state index is 0.0626. The van der Waals surface area contributed by atoms with E-state index in [0.717, 1.165) is 18.9 Å². The molecule has 1 fully saturated rings. The van der Waals surface area contributed by atoms with Crippen LogP contribution in [-0.2, 0) is 11.2 Å². The Morgan fingerprint density at radius 1 is 1.27 bits per heavy atom. The molecule has 0 unspecified atom stereocenters. The van der Waals surface area contributed by atoms with E-state index in [1.165, 1.54) is 12.1 Å². The molecule has 1 amide bonds. The van der Waals surface area contributed by atoms with Crippen LogP contribution in [0.2, 0.25) is 5.02 Å². The number of piperidine rings is 1. The van der Waals surface area contributed by atoms with Crippen LogP contribution in [0.3, 0.4) is 0 Å². The third-order valence-electron chi connectivity index (χ3n) is 4.64. The number of benzene rings is 1. The molecule has 26 heavy (non-hydrogen) atoms. The molecule has 2 aromatic rings. The van der Waals surface area contributed by atoms with E-state index in [2.05, 4.69) is 9.97 Å². The van der Waals surface area contributed by atoms with E-state index in [1.807, 2.05) is 11.9 Å². The fourth-order valence-electron chi connectivity index (χ4n) is 3.09. The minimum Gasteiger partial charge on any atom is -0.342 e. The smallest absolute Gasteiger partial charge is 0.227 e. The average Bonchev–Trinajstić information content (AvgIpc) is 2.64. The number of halogens is 3. The SMILES string of the molecule is CN(c1ncc(Cl)cn1)C1CCN(C(=O)Cc2ccc(F)cc2F)CC1. The van der Waals surface area contributed by atoms with Crippen molar-refractivity contribution in [1.29, 1.82) is 0 Å². The van der Waals surface area contributed by atoms with E-state index < -0.39 is 11.6 Å². The van der Waals surface area contributed by atoms with Crippen molar-refractivity contribution in [2.75, 3.05) is 25.0 Å². The van der Waals surface area contributed by atoms with E-state index in [4.69, 9.17) is 11.6 Å². The zero-order chi connectivity index (χ0) is 18.7. The van der Waals surface area contributed by atoms with Crippen molar-refractivity contribution in [1.82, 2.24) is 14.9 Å². The first-order chi connectivity index (χ1) is 12.4. The van der Waals surface area contributed by atoms with Crippen molar-refractivity contribution in [3.63, 3.8) is 0 Å². The van der Waals surface area contributed by atoms with Gasteiger partial charge in [0.2, 0.25) is 11.9 Å². The van der Waals surface area contributed by atoms with Crippen molar-refractivity contribution < 1.29 is 13.6 Å². The number of hydrogen-bond acceptors (Lipinski definition) is 4. The Morgan fingerprint density at radius 3 is 2.54 bits per heavy atom. The molecule has 1 aromatic heterocycles. The molecule has 0 aliphatic carbocycles. The molecule has 2 heterocycles. The predicted octanol–water partition coefficient (Wildman–Crippen LogP) is 3.08. The Labute approximate surface area is 155 Å². The lowest BCUT2D eigenvalue weighted by Crippen LogP contribution is -2.46. The molecule has 138 valence electrons. The number of carbonyl (C=O) groups is 1. The van der Waals surface area contributed by atoms with Crippen molar-refractivity contribution >= 4 is 23.5 Å². The van der Waals surface area contributed by atoms with E-state index >= 15 is 0 Å². The van der Waals surface area contributed by atoms with Gasteiger partial charge in [0, 0.05) is 32.2 Å². The Hall–Kier alpha value is -2.28. The zero-order valence-corrected chi connectivity index (χ0v) is 15.1. The van der Waals surface area contributed by atoms with Gasteiger partial charge in [0.1, 0.15) is 11.6 Å². The summed E-state index contributed by atoms with van der Waals surface area (Å²) in [5.74, 6) is -0.897. The number of amides is 1. The summed E-state index contributed by atoms with van der Waals surface area (Å²) in [5.41, 5.74) is 0.213. The van der Waals surface area contributed by atoms with Crippen LogP contribution >= 0.6 is 11.6 Å². The maximum atomic E-state index is 13.7. The summed E-state index contributed by atoms with van der Waals surface area (Å²) in [5, 5.41) is 0.482. The Bertz CT molecular complexity index is 779. The molecule has 1 aromatic carbocycles. The average molecular weight is 381 g/mol. The fraction of sp³-hybridized carbons (Fsp3) is 0.389. The lowest BCUT2D eigenvalue weighted by molar-refractivity contribution is -0.131. The van der Waals surface area contributed by atoms with Crippen LogP contribution in [0.5, 0.6) is 0 Å². The monoisotopic (exact) mass is 380 g/mol. The highest BCUT2D eigenvalue weighted by molar-refractivity contribution is 6.30. The molecule has 1 aliphatic rings. The summed E-state index contributed by atoms with van der Waals surface area (Å²) in [6.07, 6.45) is 4.57. The van der Waals surface area contributed by atoms with Gasteiger partial charge in [-0.15, -0.1) is 0 Å². The molecule has 1 aliphatic heterocycles. The third-order valence-corrected chi connectivity index (χ3v) is 4.84. The first-order valence-electron chi connectivity index (χ1n) is 8.36. The molecule has 1 saturated heterocycles. The number of anilines is 1. The molecule has 0 atom stereocenters. The largest absolute Gasteiger partial charge is 0.342 e. The molecule has 0 saturated carbocycles. The summed E-state index contributed by atoms with van der Waals surface area (Å²) in [6, 6.07) is 3.50. The van der Waals surface area contributed by atoms with Gasteiger partial charge in [-0.1, -0.05) is 17.7 Å². The minimum atomic E-state index is -0.687. The third kappa shape index (κ3) is 4.27. The summed E-state index contributed by atoms with van der Waals surface area (Å²) in [4.78, 5) is 24.5. The number of rotatable bonds is 4. The van der Waals surface area contributed by atoms with Crippen LogP contribution in [0, 0.1) is 11.6 Å². The molecule has 0 N–H and O–H groups in total. The molecule has 3 rings (SSSR count). The Kier molecular flexibility index (Phi) is 5.66. The van der Waals surface area contributed by atoms with Crippen LogP contribution in [0.15, 0.2) is 30.6 Å². The number of nitrogens with zero attached hydrogens (tertiary/aromatic N) is 4. The van der Waals surface area contributed by atoms with Crippen molar-refractivity contribution in [2.45, 2.75) is 25.3 Å². The summed E-state index contributed by atoms with van der Waals surface area (Å²) >= 11 is 5.81. The molecule has 5 nitrogen and oxygen atoms in total. The molecular formula is C18H19ClF2N4O. The standard InChI is InChI=1S/C18H19ClF2N4O/c1-24(18-22-10-13(19)11-23-18)15-4-6-25(7-5-15)17(26)8-12-2-3-14(20)9-16(12)21/h2-3,9-11,15H,4-8H2,1H3. The second-order valence-electron chi connectivity index (χ2n) is 6.34. The van der Waals surface area contributed by atoms with Crippen molar-refractivity contribution in [3.8, 4) is 0 Å². The summed E-state index contributed by atoms with van der Waals surface area (Å²) in [6.45, 7) is 1.15. The van der Waals surface area contributed by atoms with Crippen LogP contribution < -0.4 is 4.90 Å². The van der Waals surface area contributed by atoms with Crippen LogP contribution in [0.25, 0.3) is 0 Å². The van der Waals surface area contributed by atoms with Gasteiger partial charge in [0.05, 0.1) is 23.8 Å². The second kappa shape index (κ2) is 7.95. The van der Waals surface area contributed by atoms with Gasteiger partial charge in [-0.25, -0.2) is 18.7 Å². The first kappa shape index (κ1) is 18.5. The van der Waals surface area contributed by atoms with Crippen LogP contribution in [0.4, 0.5) is 14.7 Å². The van der Waals surface area contributed by atoms with Crippen molar-refractivity contribution in [2.24, 2.45) is 0 Å². The molecule has 0 radical (unpaired) electrons. The quantitative estimate of drug-likeness (QED) is 0.818. The Morgan fingerprint density at radius 2 is 1.92 bits per heavy atom. The summed E-state index contributed by atoms with van der Waals surface area (Å²) < 4.78 is 26.7. The highest BCUT2D eigenvalue weighted by Gasteiger charge is 2.26. The van der Waals surface area contributed by atoms with E-state index in [1.54, 1.807) is 17.3 Å². The topological polar surface area (TPSA) is 49.3 Å². The Balaban J connectivity index is 1.55. The van der Waals surface area contributed by atoms with Gasteiger partial charge < -0.3 is 9.80 Å². The maximum absolute atomic E-state index is 13.7.